The molecule has 1 aromatic carbocycles. The van der Waals surface area contributed by atoms with Gasteiger partial charge in [0.25, 0.3) is 5.91 Å². The largest absolute Gasteiger partial charge is 0.503 e. The van der Waals surface area contributed by atoms with E-state index in [0.29, 0.717) is 25.2 Å². The first-order chi connectivity index (χ1) is 16.8. The predicted molar refractivity (Wildman–Crippen MR) is 132 cm³/mol. The molecule has 2 heterocycles. The molecule has 2 aromatic rings. The molecular weight excluding hydrogens is 448 g/mol. The Labute approximate surface area is 207 Å². The lowest BCUT2D eigenvalue weighted by Gasteiger charge is -2.32. The van der Waals surface area contributed by atoms with Crippen LogP contribution < -0.4 is 14.8 Å². The first-order valence-corrected chi connectivity index (χ1v) is 12.2. The summed E-state index contributed by atoms with van der Waals surface area (Å²) in [5.74, 6) is -0.0914. The molecule has 0 radical (unpaired) electrons. The highest BCUT2D eigenvalue weighted by Gasteiger charge is 2.35. The molecule has 0 saturated carbocycles. The van der Waals surface area contributed by atoms with E-state index in [1.165, 1.54) is 19.4 Å². The minimum absolute atomic E-state index is 0.0140. The number of aromatic hydroxyl groups is 1. The molecule has 1 fully saturated rings. The van der Waals surface area contributed by atoms with Crippen molar-refractivity contribution in [1.82, 2.24) is 10.3 Å². The molecule has 8 nitrogen and oxygen atoms in total. The van der Waals surface area contributed by atoms with Crippen molar-refractivity contribution in [3.63, 3.8) is 0 Å². The summed E-state index contributed by atoms with van der Waals surface area (Å²) in [4.78, 5) is 29.9. The van der Waals surface area contributed by atoms with E-state index in [4.69, 9.17) is 14.2 Å². The minimum Gasteiger partial charge on any atom is -0.503 e. The Bertz CT molecular complexity index is 981. The number of pyridine rings is 1. The maximum Gasteiger partial charge on any atom is 0.328 e. The van der Waals surface area contributed by atoms with Gasteiger partial charge in [-0.3, -0.25) is 4.79 Å². The average molecular weight is 485 g/mol. The lowest BCUT2D eigenvalue weighted by molar-refractivity contribution is -0.154. The second-order valence-electron chi connectivity index (χ2n) is 9.41. The Balaban J connectivity index is 1.77. The molecule has 1 amide bonds. The molecule has 3 rings (SSSR count). The van der Waals surface area contributed by atoms with Crippen molar-refractivity contribution in [3.05, 3.63) is 48.3 Å². The predicted octanol–water partition coefficient (Wildman–Crippen LogP) is 4.51. The molecule has 190 valence electrons. The van der Waals surface area contributed by atoms with Crippen molar-refractivity contribution >= 4 is 11.9 Å². The Kier molecular flexibility index (Phi) is 9.34. The fourth-order valence-electron chi connectivity index (χ4n) is 4.40. The molecule has 0 bridgehead atoms. The molecule has 2 N–H and O–H groups in total. The number of nitrogens with one attached hydrogen (secondary N) is 1. The van der Waals surface area contributed by atoms with Crippen molar-refractivity contribution in [1.29, 1.82) is 0 Å². The number of hydrogen-bond acceptors (Lipinski definition) is 7. The SMILES string of the molecule is COc1ccnc(C(=O)NC2CCCC(Oc3ccccc3)C(CCC(C)C)C(C)OC2=O)c1O. The van der Waals surface area contributed by atoms with E-state index in [-0.39, 0.29) is 29.2 Å². The van der Waals surface area contributed by atoms with Gasteiger partial charge in [-0.05, 0) is 50.7 Å². The molecule has 35 heavy (non-hydrogen) atoms. The molecule has 4 unspecified atom stereocenters. The van der Waals surface area contributed by atoms with Gasteiger partial charge >= 0.3 is 5.97 Å². The number of amides is 1. The van der Waals surface area contributed by atoms with Crippen LogP contribution in [-0.4, -0.2) is 47.3 Å². The molecule has 4 atom stereocenters. The van der Waals surface area contributed by atoms with Gasteiger partial charge in [-0.25, -0.2) is 9.78 Å². The number of methoxy groups -OCH3 is 1. The van der Waals surface area contributed by atoms with Crippen LogP contribution in [-0.2, 0) is 9.53 Å². The normalized spacial score (nSPS) is 22.9. The van der Waals surface area contributed by atoms with Gasteiger partial charge in [-0.1, -0.05) is 38.5 Å². The lowest BCUT2D eigenvalue weighted by Crippen LogP contribution is -2.44. The number of cyclic esters (lactones) is 1. The van der Waals surface area contributed by atoms with Gasteiger partial charge in [0.05, 0.1) is 7.11 Å². The van der Waals surface area contributed by atoms with Gasteiger partial charge in [-0.15, -0.1) is 0 Å². The highest BCUT2D eigenvalue weighted by molar-refractivity contribution is 5.97. The second kappa shape index (κ2) is 12.4. The molecule has 8 heteroatoms. The Morgan fingerprint density at radius 3 is 2.66 bits per heavy atom. The van der Waals surface area contributed by atoms with Crippen LogP contribution in [0.25, 0.3) is 0 Å². The molecule has 1 aliphatic heterocycles. The van der Waals surface area contributed by atoms with E-state index >= 15 is 0 Å². The molecule has 0 aliphatic carbocycles. The van der Waals surface area contributed by atoms with Crippen molar-refractivity contribution in [2.24, 2.45) is 11.8 Å². The van der Waals surface area contributed by atoms with Gasteiger partial charge in [0.15, 0.2) is 17.2 Å². The first-order valence-electron chi connectivity index (χ1n) is 12.2. The molecule has 1 aliphatic rings. The number of esters is 1. The van der Waals surface area contributed by atoms with Crippen molar-refractivity contribution in [2.45, 2.75) is 71.1 Å². The van der Waals surface area contributed by atoms with Crippen molar-refractivity contribution in [3.8, 4) is 17.2 Å². The number of ether oxygens (including phenoxy) is 3. The van der Waals surface area contributed by atoms with Gasteiger partial charge in [0.1, 0.15) is 24.0 Å². The quantitative estimate of drug-likeness (QED) is 0.531. The zero-order valence-corrected chi connectivity index (χ0v) is 20.9. The van der Waals surface area contributed by atoms with E-state index in [1.807, 2.05) is 37.3 Å². The zero-order chi connectivity index (χ0) is 25.4. The van der Waals surface area contributed by atoms with Crippen LogP contribution in [0.5, 0.6) is 17.2 Å². The monoisotopic (exact) mass is 484 g/mol. The van der Waals surface area contributed by atoms with Gasteiger partial charge < -0.3 is 24.6 Å². The summed E-state index contributed by atoms with van der Waals surface area (Å²) in [5, 5.41) is 13.0. The maximum atomic E-state index is 13.1. The Morgan fingerprint density at radius 1 is 1.23 bits per heavy atom. The van der Waals surface area contributed by atoms with Crippen LogP contribution in [0.15, 0.2) is 42.6 Å². The van der Waals surface area contributed by atoms with Gasteiger partial charge in [0, 0.05) is 18.2 Å². The van der Waals surface area contributed by atoms with Crippen molar-refractivity contribution < 1.29 is 28.9 Å². The molecule has 1 aromatic heterocycles. The number of rotatable bonds is 8. The first kappa shape index (κ1) is 26.3. The van der Waals surface area contributed by atoms with Crippen LogP contribution in [0.4, 0.5) is 0 Å². The fraction of sp³-hybridized carbons (Fsp3) is 0.519. The summed E-state index contributed by atoms with van der Waals surface area (Å²) >= 11 is 0. The van der Waals surface area contributed by atoms with E-state index in [0.717, 1.165) is 18.6 Å². The Morgan fingerprint density at radius 2 is 1.97 bits per heavy atom. The number of hydrogen-bond donors (Lipinski definition) is 2. The van der Waals surface area contributed by atoms with E-state index in [2.05, 4.69) is 24.1 Å². The molecule has 0 spiro atoms. The topological polar surface area (TPSA) is 107 Å². The van der Waals surface area contributed by atoms with E-state index in [1.54, 1.807) is 0 Å². The number of nitrogens with zero attached hydrogens (tertiary/aromatic N) is 1. The third-order valence-electron chi connectivity index (χ3n) is 6.38. The summed E-state index contributed by atoms with van der Waals surface area (Å²) in [7, 11) is 1.39. The summed E-state index contributed by atoms with van der Waals surface area (Å²) in [6, 6.07) is 10.3. The highest BCUT2D eigenvalue weighted by atomic mass is 16.5. The number of carbonyl (C=O) groups excluding carboxylic acids is 2. The van der Waals surface area contributed by atoms with Crippen molar-refractivity contribution in [2.75, 3.05) is 7.11 Å². The second-order valence-corrected chi connectivity index (χ2v) is 9.41. The standard InChI is InChI=1S/C27H36N2O6/c1-17(2)13-14-20-18(3)34-27(32)21(11-8-12-22(20)35-19-9-6-5-7-10-19)29-26(31)24-25(30)23(33-4)15-16-28-24/h5-7,9-10,15-18,20-22,30H,8,11-14H2,1-4H3,(H,29,31). The number of carbonyl (C=O) groups is 2. The zero-order valence-electron chi connectivity index (χ0n) is 20.9. The van der Waals surface area contributed by atoms with Gasteiger partial charge in [0.2, 0.25) is 0 Å². The summed E-state index contributed by atoms with van der Waals surface area (Å²) in [5.41, 5.74) is -0.204. The molecule has 1 saturated heterocycles. The third-order valence-corrected chi connectivity index (χ3v) is 6.38. The average Bonchev–Trinajstić information content (AvgIpc) is 2.87. The number of aromatic nitrogens is 1. The maximum absolute atomic E-state index is 13.1. The fourth-order valence-corrected chi connectivity index (χ4v) is 4.40. The lowest BCUT2D eigenvalue weighted by atomic mass is 9.86. The molecular formula is C27H36N2O6. The van der Waals surface area contributed by atoms with Crippen LogP contribution >= 0.6 is 0 Å². The highest BCUT2D eigenvalue weighted by Crippen LogP contribution is 2.31. The van der Waals surface area contributed by atoms with Crippen LogP contribution in [0.2, 0.25) is 0 Å². The summed E-state index contributed by atoms with van der Waals surface area (Å²) in [6.45, 7) is 6.24. The van der Waals surface area contributed by atoms with E-state index < -0.39 is 24.0 Å². The number of benzene rings is 1. The third kappa shape index (κ3) is 7.10. The summed E-state index contributed by atoms with van der Waals surface area (Å²) in [6.07, 6.45) is 4.45. The van der Waals surface area contributed by atoms with E-state index in [9.17, 15) is 14.7 Å². The van der Waals surface area contributed by atoms with Gasteiger partial charge in [-0.2, -0.15) is 0 Å². The smallest absolute Gasteiger partial charge is 0.328 e. The minimum atomic E-state index is -0.862. The van der Waals surface area contributed by atoms with Crippen LogP contribution in [0.1, 0.15) is 63.4 Å². The van der Waals surface area contributed by atoms with Crippen LogP contribution in [0.3, 0.4) is 0 Å². The van der Waals surface area contributed by atoms with Crippen LogP contribution in [0, 0.1) is 11.8 Å². The Hall–Kier alpha value is -3.29. The number of para-hydroxylation sites is 1. The summed E-state index contributed by atoms with van der Waals surface area (Å²) < 4.78 is 17.3.